The first-order chi connectivity index (χ1) is 12.2. The quantitative estimate of drug-likeness (QED) is 0.629. The Morgan fingerprint density at radius 2 is 1.96 bits per heavy atom. The van der Waals surface area contributed by atoms with E-state index in [2.05, 4.69) is 20.4 Å². The second kappa shape index (κ2) is 7.56. The Morgan fingerprint density at radius 3 is 2.54 bits per heavy atom. The predicted molar refractivity (Wildman–Crippen MR) is 86.2 cm³/mol. The van der Waals surface area contributed by atoms with Gasteiger partial charge in [0, 0.05) is 7.05 Å². The molecule has 0 radical (unpaired) electrons. The fourth-order valence-electron chi connectivity index (χ4n) is 1.78. The highest BCUT2D eigenvalue weighted by Crippen LogP contribution is 2.32. The average Bonchev–Trinajstić information content (AvgIpc) is 2.98. The van der Waals surface area contributed by atoms with Crippen molar-refractivity contribution in [2.24, 2.45) is 5.73 Å². The molecule has 0 aliphatic heterocycles. The number of hydrogen-bond donors (Lipinski definition) is 3. The molecule has 4 N–H and O–H groups in total. The Hall–Kier alpha value is -2.89. The SMILES string of the molecule is CNc1nc(C(N)=O)c(NC(=O)c2ccccc2OC(F)(F)C(F)F)s1. The molecule has 26 heavy (non-hydrogen) atoms. The van der Waals surface area contributed by atoms with E-state index >= 15 is 0 Å². The lowest BCUT2D eigenvalue weighted by atomic mass is 10.2. The molecule has 2 aromatic rings. The van der Waals surface area contributed by atoms with E-state index in [0.717, 1.165) is 23.5 Å². The maximum absolute atomic E-state index is 13.1. The summed E-state index contributed by atoms with van der Waals surface area (Å²) in [6.45, 7) is 0. The Balaban J connectivity index is 2.32. The van der Waals surface area contributed by atoms with E-state index in [-0.39, 0.29) is 15.8 Å². The van der Waals surface area contributed by atoms with Crippen molar-refractivity contribution in [1.82, 2.24) is 4.98 Å². The molecule has 7 nitrogen and oxygen atoms in total. The van der Waals surface area contributed by atoms with E-state index in [1.165, 1.54) is 19.2 Å². The number of benzene rings is 1. The minimum absolute atomic E-state index is 0.0396. The summed E-state index contributed by atoms with van der Waals surface area (Å²) in [5, 5.41) is 5.16. The van der Waals surface area contributed by atoms with Gasteiger partial charge in [0.1, 0.15) is 10.8 Å². The van der Waals surface area contributed by atoms with Gasteiger partial charge in [-0.15, -0.1) is 0 Å². The van der Waals surface area contributed by atoms with Crippen molar-refractivity contribution in [3.63, 3.8) is 0 Å². The van der Waals surface area contributed by atoms with Crippen molar-refractivity contribution in [2.45, 2.75) is 12.5 Å². The van der Waals surface area contributed by atoms with Gasteiger partial charge < -0.3 is 21.1 Å². The molecule has 12 heteroatoms. The lowest BCUT2D eigenvalue weighted by Gasteiger charge is -2.18. The summed E-state index contributed by atoms with van der Waals surface area (Å²) in [4.78, 5) is 27.6. The number of thiazole rings is 1. The molecule has 1 aromatic carbocycles. The first-order valence-electron chi connectivity index (χ1n) is 6.89. The van der Waals surface area contributed by atoms with Gasteiger partial charge in [-0.3, -0.25) is 9.59 Å². The lowest BCUT2D eigenvalue weighted by Crippen LogP contribution is -2.34. The van der Waals surface area contributed by atoms with Gasteiger partial charge in [-0.1, -0.05) is 23.5 Å². The normalized spacial score (nSPS) is 11.3. The molecular weight excluding hydrogens is 380 g/mol. The molecule has 0 fully saturated rings. The highest BCUT2D eigenvalue weighted by molar-refractivity contribution is 7.20. The van der Waals surface area contributed by atoms with Crippen molar-refractivity contribution < 1.29 is 31.9 Å². The van der Waals surface area contributed by atoms with Crippen LogP contribution in [-0.2, 0) is 0 Å². The maximum Gasteiger partial charge on any atom is 0.461 e. The Bertz CT molecular complexity index is 828. The van der Waals surface area contributed by atoms with Crippen LogP contribution in [0.1, 0.15) is 20.8 Å². The number of nitrogens with two attached hydrogens (primary N) is 1. The van der Waals surface area contributed by atoms with Gasteiger partial charge in [-0.2, -0.15) is 17.6 Å². The van der Waals surface area contributed by atoms with Crippen LogP contribution in [0.2, 0.25) is 0 Å². The van der Waals surface area contributed by atoms with Crippen LogP contribution in [0.4, 0.5) is 27.7 Å². The molecule has 0 unspecified atom stereocenters. The highest BCUT2D eigenvalue weighted by Gasteiger charge is 2.44. The molecule has 0 aliphatic carbocycles. The summed E-state index contributed by atoms with van der Waals surface area (Å²) in [5.41, 5.74) is 4.47. The van der Waals surface area contributed by atoms with E-state index in [0.29, 0.717) is 0 Å². The molecule has 140 valence electrons. The van der Waals surface area contributed by atoms with Crippen LogP contribution < -0.4 is 21.1 Å². The van der Waals surface area contributed by atoms with Crippen LogP contribution in [0.15, 0.2) is 24.3 Å². The van der Waals surface area contributed by atoms with Crippen LogP contribution in [0, 0.1) is 0 Å². The molecule has 0 saturated heterocycles. The van der Waals surface area contributed by atoms with Crippen molar-refractivity contribution in [3.05, 3.63) is 35.5 Å². The van der Waals surface area contributed by atoms with Crippen molar-refractivity contribution in [2.75, 3.05) is 17.7 Å². The topological polar surface area (TPSA) is 106 Å². The lowest BCUT2D eigenvalue weighted by molar-refractivity contribution is -0.253. The second-order valence-corrected chi connectivity index (χ2v) is 5.72. The zero-order chi connectivity index (χ0) is 19.5. The third-order valence-corrected chi connectivity index (χ3v) is 3.92. The third-order valence-electron chi connectivity index (χ3n) is 2.93. The molecule has 0 spiro atoms. The molecule has 2 amide bonds. The fourth-order valence-corrected chi connectivity index (χ4v) is 2.60. The van der Waals surface area contributed by atoms with Crippen LogP contribution in [0.5, 0.6) is 5.75 Å². The summed E-state index contributed by atoms with van der Waals surface area (Å²) in [5.74, 6) is -2.65. The summed E-state index contributed by atoms with van der Waals surface area (Å²) >= 11 is 0.871. The Labute approximate surface area is 148 Å². The summed E-state index contributed by atoms with van der Waals surface area (Å²) in [6.07, 6.45) is -8.86. The first-order valence-corrected chi connectivity index (χ1v) is 7.71. The number of primary amides is 1. The number of nitrogens with one attached hydrogen (secondary N) is 2. The van der Waals surface area contributed by atoms with Gasteiger partial charge in [-0.25, -0.2) is 4.98 Å². The molecule has 0 saturated carbocycles. The number of carbonyl (C=O) groups is 2. The minimum atomic E-state index is -4.78. The number of alkyl halides is 4. The largest absolute Gasteiger partial charge is 0.461 e. The smallest absolute Gasteiger partial charge is 0.427 e. The number of amides is 2. The number of para-hydroxylation sites is 1. The number of aromatic nitrogens is 1. The fraction of sp³-hybridized carbons (Fsp3) is 0.214. The third kappa shape index (κ3) is 4.20. The Kier molecular flexibility index (Phi) is 5.65. The standard InChI is InChI=1S/C14H12F4N4O3S/c1-20-13-21-8(9(19)23)11(26-13)22-10(24)6-4-2-3-5-7(6)25-14(17,18)12(15)16/h2-5,12H,1H3,(H2,19,23)(H,20,21)(H,22,24). The number of anilines is 2. The van der Waals surface area contributed by atoms with E-state index in [9.17, 15) is 27.2 Å². The summed E-state index contributed by atoms with van der Waals surface area (Å²) in [7, 11) is 1.52. The van der Waals surface area contributed by atoms with Crippen LogP contribution >= 0.6 is 11.3 Å². The predicted octanol–water partition coefficient (Wildman–Crippen LogP) is 2.77. The second-order valence-electron chi connectivity index (χ2n) is 4.73. The van der Waals surface area contributed by atoms with E-state index in [1.807, 2.05) is 0 Å². The van der Waals surface area contributed by atoms with Crippen molar-refractivity contribution >= 4 is 33.3 Å². The zero-order valence-electron chi connectivity index (χ0n) is 13.1. The highest BCUT2D eigenvalue weighted by atomic mass is 32.1. The van der Waals surface area contributed by atoms with Crippen molar-refractivity contribution in [3.8, 4) is 5.75 Å². The molecular formula is C14H12F4N4O3S. The minimum Gasteiger partial charge on any atom is -0.427 e. The number of ether oxygens (including phenoxy) is 1. The monoisotopic (exact) mass is 392 g/mol. The number of rotatable bonds is 7. The first kappa shape index (κ1) is 19.4. The molecule has 0 atom stereocenters. The van der Waals surface area contributed by atoms with Gasteiger partial charge in [0.25, 0.3) is 11.8 Å². The van der Waals surface area contributed by atoms with E-state index in [4.69, 9.17) is 5.73 Å². The van der Waals surface area contributed by atoms with Crippen molar-refractivity contribution in [1.29, 1.82) is 0 Å². The average molecular weight is 392 g/mol. The molecule has 0 bridgehead atoms. The summed E-state index contributed by atoms with van der Waals surface area (Å²) < 4.78 is 54.9. The zero-order valence-corrected chi connectivity index (χ0v) is 13.9. The van der Waals surface area contributed by atoms with Gasteiger partial charge >= 0.3 is 12.5 Å². The molecule has 1 heterocycles. The van der Waals surface area contributed by atoms with E-state index in [1.54, 1.807) is 0 Å². The molecule has 2 rings (SSSR count). The van der Waals surface area contributed by atoms with Crippen LogP contribution in [0.3, 0.4) is 0 Å². The van der Waals surface area contributed by atoms with Gasteiger partial charge in [0.2, 0.25) is 0 Å². The van der Waals surface area contributed by atoms with Gasteiger partial charge in [-0.05, 0) is 12.1 Å². The number of halogens is 4. The Morgan fingerprint density at radius 1 is 1.31 bits per heavy atom. The van der Waals surface area contributed by atoms with Gasteiger partial charge in [0.15, 0.2) is 10.8 Å². The van der Waals surface area contributed by atoms with E-state index < -0.39 is 35.7 Å². The van der Waals surface area contributed by atoms with Gasteiger partial charge in [0.05, 0.1) is 5.56 Å². The summed E-state index contributed by atoms with van der Waals surface area (Å²) in [6, 6.07) is 4.58. The molecule has 0 aliphatic rings. The maximum atomic E-state index is 13.1. The number of carbonyl (C=O) groups excluding carboxylic acids is 2. The number of nitrogens with zero attached hydrogens (tertiary/aromatic N) is 1. The number of hydrogen-bond acceptors (Lipinski definition) is 6. The molecule has 1 aromatic heterocycles. The van der Waals surface area contributed by atoms with Crippen LogP contribution in [0.25, 0.3) is 0 Å². The van der Waals surface area contributed by atoms with Crippen LogP contribution in [-0.4, -0.2) is 36.4 Å².